The van der Waals surface area contributed by atoms with Crippen LogP contribution in [0.4, 0.5) is 0 Å². The van der Waals surface area contributed by atoms with Crippen LogP contribution < -0.4 is 10.5 Å². The van der Waals surface area contributed by atoms with Crippen molar-refractivity contribution in [1.29, 1.82) is 0 Å². The van der Waals surface area contributed by atoms with Crippen LogP contribution in [-0.2, 0) is 20.8 Å². The smallest absolute Gasteiger partial charge is 0.247 e. The molecule has 7 nitrogen and oxygen atoms in total. The third-order valence-electron chi connectivity index (χ3n) is 4.81. The van der Waals surface area contributed by atoms with E-state index >= 15 is 0 Å². The Labute approximate surface area is 155 Å². The topological polar surface area (TPSA) is 77.3 Å². The second kappa shape index (κ2) is 9.87. The number of para-hydroxylation sites is 1. The Morgan fingerprint density at radius 1 is 1.15 bits per heavy atom. The zero-order valence-electron chi connectivity index (χ0n) is 15.3. The SMILES string of the molecule is NC(=O)[C@@H]1CN(Cc2ccccc2OCCCN2CCOCC2)CCO1. The Hall–Kier alpha value is -1.67. The molecule has 2 N–H and O–H groups in total. The van der Waals surface area contributed by atoms with E-state index in [-0.39, 0.29) is 0 Å². The first-order valence-corrected chi connectivity index (χ1v) is 9.36. The van der Waals surface area contributed by atoms with Gasteiger partial charge in [-0.3, -0.25) is 14.6 Å². The van der Waals surface area contributed by atoms with E-state index in [1.165, 1.54) is 0 Å². The monoisotopic (exact) mass is 363 g/mol. The highest BCUT2D eigenvalue weighted by atomic mass is 16.5. The number of carbonyl (C=O) groups is 1. The Bertz CT molecular complexity index is 578. The lowest BCUT2D eigenvalue weighted by atomic mass is 10.1. The van der Waals surface area contributed by atoms with E-state index in [9.17, 15) is 4.79 Å². The molecule has 26 heavy (non-hydrogen) atoms. The Balaban J connectivity index is 1.47. The van der Waals surface area contributed by atoms with Gasteiger partial charge in [-0.15, -0.1) is 0 Å². The van der Waals surface area contributed by atoms with E-state index in [4.69, 9.17) is 19.9 Å². The maximum absolute atomic E-state index is 11.4. The summed E-state index contributed by atoms with van der Waals surface area (Å²) in [5.41, 5.74) is 6.50. The van der Waals surface area contributed by atoms with Gasteiger partial charge >= 0.3 is 0 Å². The van der Waals surface area contributed by atoms with Crippen molar-refractivity contribution in [2.45, 2.75) is 19.1 Å². The average Bonchev–Trinajstić information content (AvgIpc) is 2.67. The van der Waals surface area contributed by atoms with Crippen molar-refractivity contribution in [3.05, 3.63) is 29.8 Å². The average molecular weight is 363 g/mol. The number of carbonyl (C=O) groups excluding carboxylic acids is 1. The molecule has 0 spiro atoms. The van der Waals surface area contributed by atoms with Gasteiger partial charge in [0.05, 0.1) is 26.4 Å². The molecule has 0 bridgehead atoms. The standard InChI is InChI=1S/C19H29N3O4/c20-19(23)18-15-22(9-13-26-18)14-16-4-1-2-5-17(16)25-10-3-6-21-7-11-24-12-8-21/h1-2,4-5,18H,3,6-15H2,(H2,20,23)/t18-/m0/s1. The van der Waals surface area contributed by atoms with Crippen molar-refractivity contribution in [3.63, 3.8) is 0 Å². The number of primary amides is 1. The lowest BCUT2D eigenvalue weighted by Crippen LogP contribution is -2.47. The van der Waals surface area contributed by atoms with Crippen LogP contribution in [0.15, 0.2) is 24.3 Å². The number of amides is 1. The van der Waals surface area contributed by atoms with Gasteiger partial charge in [0.25, 0.3) is 0 Å². The van der Waals surface area contributed by atoms with Crippen LogP contribution >= 0.6 is 0 Å². The van der Waals surface area contributed by atoms with Crippen LogP contribution in [-0.4, -0.2) is 81.0 Å². The molecule has 0 radical (unpaired) electrons. The molecule has 2 saturated heterocycles. The number of nitrogens with two attached hydrogens (primary N) is 1. The van der Waals surface area contributed by atoms with Crippen molar-refractivity contribution in [2.75, 3.05) is 59.2 Å². The van der Waals surface area contributed by atoms with Crippen LogP contribution in [0, 0.1) is 0 Å². The van der Waals surface area contributed by atoms with Gasteiger partial charge in [0.1, 0.15) is 11.9 Å². The van der Waals surface area contributed by atoms with Gasteiger partial charge in [0.2, 0.25) is 5.91 Å². The molecule has 1 atom stereocenters. The van der Waals surface area contributed by atoms with Crippen LogP contribution in [0.25, 0.3) is 0 Å². The summed E-state index contributed by atoms with van der Waals surface area (Å²) in [6.07, 6.45) is 0.473. The molecule has 2 aliphatic rings. The summed E-state index contributed by atoms with van der Waals surface area (Å²) < 4.78 is 16.8. The maximum Gasteiger partial charge on any atom is 0.247 e. The summed E-state index contributed by atoms with van der Waals surface area (Å²) in [7, 11) is 0. The number of ether oxygens (including phenoxy) is 3. The number of nitrogens with zero attached hydrogens (tertiary/aromatic N) is 2. The molecular formula is C19H29N3O4. The minimum Gasteiger partial charge on any atom is -0.493 e. The lowest BCUT2D eigenvalue weighted by Gasteiger charge is -2.31. The quantitative estimate of drug-likeness (QED) is 0.677. The molecule has 7 heteroatoms. The maximum atomic E-state index is 11.4. The summed E-state index contributed by atoms with van der Waals surface area (Å²) >= 11 is 0. The highest BCUT2D eigenvalue weighted by Gasteiger charge is 2.25. The molecule has 2 aliphatic heterocycles. The zero-order chi connectivity index (χ0) is 18.2. The van der Waals surface area contributed by atoms with E-state index in [0.29, 0.717) is 19.8 Å². The van der Waals surface area contributed by atoms with E-state index in [1.54, 1.807) is 0 Å². The number of rotatable bonds is 8. The predicted octanol–water partition coefficient (Wildman–Crippen LogP) is 0.474. The number of hydrogen-bond donors (Lipinski definition) is 1. The van der Waals surface area contributed by atoms with Crippen LogP contribution in [0.5, 0.6) is 5.75 Å². The van der Waals surface area contributed by atoms with Crippen molar-refractivity contribution < 1.29 is 19.0 Å². The second-order valence-electron chi connectivity index (χ2n) is 6.76. The minimum atomic E-state index is -0.523. The van der Waals surface area contributed by atoms with Gasteiger partial charge in [-0.1, -0.05) is 18.2 Å². The molecule has 0 aromatic heterocycles. The lowest BCUT2D eigenvalue weighted by molar-refractivity contribution is -0.135. The zero-order valence-corrected chi connectivity index (χ0v) is 15.3. The number of benzene rings is 1. The molecule has 2 heterocycles. The highest BCUT2D eigenvalue weighted by molar-refractivity contribution is 5.79. The minimum absolute atomic E-state index is 0.401. The van der Waals surface area contributed by atoms with E-state index in [1.807, 2.05) is 18.2 Å². The van der Waals surface area contributed by atoms with Crippen molar-refractivity contribution in [3.8, 4) is 5.75 Å². The fraction of sp³-hybridized carbons (Fsp3) is 0.632. The van der Waals surface area contributed by atoms with E-state index in [0.717, 1.165) is 63.7 Å². The number of hydrogen-bond acceptors (Lipinski definition) is 6. The Morgan fingerprint density at radius 3 is 2.73 bits per heavy atom. The highest BCUT2D eigenvalue weighted by Crippen LogP contribution is 2.21. The van der Waals surface area contributed by atoms with Crippen LogP contribution in [0.2, 0.25) is 0 Å². The normalized spacial score (nSPS) is 22.2. The first-order chi connectivity index (χ1) is 12.7. The third-order valence-corrected chi connectivity index (χ3v) is 4.81. The van der Waals surface area contributed by atoms with Gasteiger partial charge in [0.15, 0.2) is 0 Å². The predicted molar refractivity (Wildman–Crippen MR) is 98.0 cm³/mol. The first kappa shape index (κ1) is 19.1. The van der Waals surface area contributed by atoms with E-state index in [2.05, 4.69) is 15.9 Å². The molecule has 144 valence electrons. The second-order valence-corrected chi connectivity index (χ2v) is 6.76. The fourth-order valence-electron chi connectivity index (χ4n) is 3.33. The largest absolute Gasteiger partial charge is 0.493 e. The molecule has 0 unspecified atom stereocenters. The fourth-order valence-corrected chi connectivity index (χ4v) is 3.33. The molecule has 0 aliphatic carbocycles. The summed E-state index contributed by atoms with van der Waals surface area (Å²) in [4.78, 5) is 16.0. The molecule has 3 rings (SSSR count). The Kier molecular flexibility index (Phi) is 7.25. The third kappa shape index (κ3) is 5.67. The summed E-state index contributed by atoms with van der Waals surface area (Å²) in [5, 5.41) is 0. The molecule has 1 aromatic rings. The number of morpholine rings is 2. The Morgan fingerprint density at radius 2 is 1.92 bits per heavy atom. The van der Waals surface area contributed by atoms with Crippen molar-refractivity contribution in [2.24, 2.45) is 5.73 Å². The summed E-state index contributed by atoms with van der Waals surface area (Å²) in [6, 6.07) is 8.09. The first-order valence-electron chi connectivity index (χ1n) is 9.36. The molecule has 1 amide bonds. The van der Waals surface area contributed by atoms with Crippen molar-refractivity contribution in [1.82, 2.24) is 9.80 Å². The van der Waals surface area contributed by atoms with Crippen LogP contribution in [0.3, 0.4) is 0 Å². The van der Waals surface area contributed by atoms with Gasteiger partial charge < -0.3 is 19.9 Å². The molecule has 1 aromatic carbocycles. The van der Waals surface area contributed by atoms with Gasteiger partial charge in [0, 0.05) is 44.8 Å². The molecular weight excluding hydrogens is 334 g/mol. The summed E-state index contributed by atoms with van der Waals surface area (Å²) in [6.45, 7) is 7.98. The van der Waals surface area contributed by atoms with E-state index < -0.39 is 12.0 Å². The van der Waals surface area contributed by atoms with Gasteiger partial charge in [-0.2, -0.15) is 0 Å². The molecule has 0 saturated carbocycles. The van der Waals surface area contributed by atoms with Crippen LogP contribution in [0.1, 0.15) is 12.0 Å². The van der Waals surface area contributed by atoms with Gasteiger partial charge in [-0.05, 0) is 12.5 Å². The van der Waals surface area contributed by atoms with Crippen molar-refractivity contribution >= 4 is 5.91 Å². The summed E-state index contributed by atoms with van der Waals surface area (Å²) in [5.74, 6) is 0.513. The van der Waals surface area contributed by atoms with Gasteiger partial charge in [-0.25, -0.2) is 0 Å². The molecule has 2 fully saturated rings.